The van der Waals surface area contributed by atoms with Gasteiger partial charge in [-0.2, -0.15) is 0 Å². The Morgan fingerprint density at radius 1 is 1.28 bits per heavy atom. The number of H-pyrrole nitrogens is 1. The molecule has 230 valence electrons. The summed E-state index contributed by atoms with van der Waals surface area (Å²) < 4.78 is 6.21. The normalized spacial score (nSPS) is 18.3. The van der Waals surface area contributed by atoms with Crippen molar-refractivity contribution in [2.24, 2.45) is 17.6 Å². The van der Waals surface area contributed by atoms with E-state index < -0.39 is 51.7 Å². The van der Waals surface area contributed by atoms with Crippen molar-refractivity contribution in [2.45, 2.75) is 37.3 Å². The third-order valence-corrected chi connectivity index (χ3v) is 8.15. The fraction of sp³-hybridized carbons (Fsp3) is 0.360. The van der Waals surface area contributed by atoms with Gasteiger partial charge in [-0.1, -0.05) is 35.3 Å². The molecule has 0 aliphatic carbocycles. The number of aromatic amines is 1. The van der Waals surface area contributed by atoms with E-state index in [9.17, 15) is 33.9 Å². The zero-order valence-electron chi connectivity index (χ0n) is 23.6. The van der Waals surface area contributed by atoms with Crippen molar-refractivity contribution in [1.29, 1.82) is 0 Å². The lowest BCUT2D eigenvalue weighted by molar-refractivity contribution is -0.150. The molecule has 18 heteroatoms. The van der Waals surface area contributed by atoms with Crippen LogP contribution in [0.15, 0.2) is 65.5 Å². The van der Waals surface area contributed by atoms with Gasteiger partial charge in [0.15, 0.2) is 10.9 Å². The highest BCUT2D eigenvalue weighted by Crippen LogP contribution is 2.46. The lowest BCUT2D eigenvalue weighted by Crippen LogP contribution is -2.70. The van der Waals surface area contributed by atoms with E-state index >= 15 is 0 Å². The van der Waals surface area contributed by atoms with Gasteiger partial charge in [-0.15, -0.1) is 5.10 Å². The zero-order chi connectivity index (χ0) is 32.2. The molecule has 43 heavy (non-hydrogen) atoms. The van der Waals surface area contributed by atoms with E-state index in [1.54, 1.807) is 26.8 Å². The Morgan fingerprint density at radius 2 is 1.93 bits per heavy atom. The van der Waals surface area contributed by atoms with Gasteiger partial charge in [0.25, 0.3) is 11.8 Å². The Bertz CT molecular complexity index is 1630. The summed E-state index contributed by atoms with van der Waals surface area (Å²) in [6, 6.07) is 1.99. The second kappa shape index (κ2) is 13.2. The molecule has 2 amide bonds. The SMILES string of the molecule is C=C1S[C@@H]2[C@H](NC(=O)C(=NOC)c3ccco3)C(=O)N2C(C(=O)O)=C1CSc1n[nH]c(=O)c(=O)n1C.CC(C)(C)C(=O)O. The molecule has 0 aromatic carbocycles. The second-order valence-corrected chi connectivity index (χ2v) is 12.0. The number of nitrogens with zero attached hydrogens (tertiary/aromatic N) is 4. The minimum absolute atomic E-state index is 0.00352. The van der Waals surface area contributed by atoms with Gasteiger partial charge < -0.3 is 24.8 Å². The molecule has 4 heterocycles. The van der Waals surface area contributed by atoms with Crippen molar-refractivity contribution in [3.8, 4) is 0 Å². The van der Waals surface area contributed by atoms with E-state index in [2.05, 4.69) is 27.2 Å². The molecule has 2 aromatic rings. The first kappa shape index (κ1) is 32.9. The van der Waals surface area contributed by atoms with E-state index in [1.807, 2.05) is 0 Å². The van der Waals surface area contributed by atoms with Crippen LogP contribution >= 0.6 is 23.5 Å². The minimum Gasteiger partial charge on any atom is -0.481 e. The molecule has 0 radical (unpaired) electrons. The zero-order valence-corrected chi connectivity index (χ0v) is 25.2. The standard InChI is InChI=1S/C20H18N6O8S2.C5H10O2/c1-8-9(7-35-20-23-22-15(28)17(30)25(20)2)13(19(31)32)26-16(29)12(18(26)36-8)21-14(27)11(24-33-3)10-5-4-6-34-10;1-5(2,3)4(6)7/h4-6,12,18H,1,7H2,2-3H3,(H,21,27)(H,22,28)(H,31,32);1-3H3,(H,6,7)/t12-,18-;/m1./s1. The summed E-state index contributed by atoms with van der Waals surface area (Å²) in [4.78, 5) is 77.3. The number of aromatic nitrogens is 3. The number of fused-ring (bicyclic) bond motifs is 1. The van der Waals surface area contributed by atoms with E-state index in [0.29, 0.717) is 4.91 Å². The van der Waals surface area contributed by atoms with E-state index in [0.717, 1.165) is 33.0 Å². The number of carbonyl (C=O) groups excluding carboxylic acids is 2. The molecule has 4 rings (SSSR count). The fourth-order valence-corrected chi connectivity index (χ4v) is 5.77. The maximum absolute atomic E-state index is 12.9. The van der Waals surface area contributed by atoms with Crippen molar-refractivity contribution >= 4 is 53.0 Å². The van der Waals surface area contributed by atoms with E-state index in [4.69, 9.17) is 14.4 Å². The Kier molecular flexibility index (Phi) is 10.1. The molecule has 2 atom stereocenters. The topological polar surface area (TPSA) is 226 Å². The smallest absolute Gasteiger partial charge is 0.353 e. The number of carbonyl (C=O) groups is 4. The Labute approximate surface area is 251 Å². The summed E-state index contributed by atoms with van der Waals surface area (Å²) >= 11 is 2.09. The number of allylic oxidation sites excluding steroid dienone is 1. The highest BCUT2D eigenvalue weighted by Gasteiger charge is 2.55. The van der Waals surface area contributed by atoms with Gasteiger partial charge in [0.05, 0.1) is 11.7 Å². The first-order chi connectivity index (χ1) is 20.1. The maximum Gasteiger partial charge on any atom is 0.353 e. The molecule has 2 aliphatic rings. The number of hydrogen-bond donors (Lipinski definition) is 4. The van der Waals surface area contributed by atoms with Crippen LogP contribution < -0.4 is 16.4 Å². The molecular formula is C25H28N6O10S2. The number of amides is 2. The lowest BCUT2D eigenvalue weighted by Gasteiger charge is -2.49. The number of β-lactam (4-membered cyclic amide) rings is 1. The number of nitrogens with one attached hydrogen (secondary N) is 2. The van der Waals surface area contributed by atoms with Crippen LogP contribution in [0.5, 0.6) is 0 Å². The first-order valence-corrected chi connectivity index (χ1v) is 14.1. The van der Waals surface area contributed by atoms with Crippen molar-refractivity contribution in [2.75, 3.05) is 12.9 Å². The molecule has 1 fully saturated rings. The summed E-state index contributed by atoms with van der Waals surface area (Å²) in [5, 5.41) is 29.6. The van der Waals surface area contributed by atoms with E-state index in [-0.39, 0.29) is 33.7 Å². The average Bonchev–Trinajstić information content (AvgIpc) is 3.47. The summed E-state index contributed by atoms with van der Waals surface area (Å²) in [6.07, 6.45) is 1.34. The Balaban J connectivity index is 0.000000646. The lowest BCUT2D eigenvalue weighted by atomic mass is 9.98. The molecule has 1 saturated heterocycles. The first-order valence-electron chi connectivity index (χ1n) is 12.2. The predicted octanol–water partition coefficient (Wildman–Crippen LogP) is 0.574. The number of furan rings is 1. The van der Waals surface area contributed by atoms with Crippen LogP contribution in [-0.2, 0) is 31.1 Å². The summed E-state index contributed by atoms with van der Waals surface area (Å²) in [7, 11) is 2.60. The summed E-state index contributed by atoms with van der Waals surface area (Å²) in [5.41, 5.74) is -2.54. The van der Waals surface area contributed by atoms with Crippen molar-refractivity contribution in [3.05, 3.63) is 67.6 Å². The van der Waals surface area contributed by atoms with Crippen LogP contribution in [0.4, 0.5) is 0 Å². The Morgan fingerprint density at radius 3 is 2.47 bits per heavy atom. The maximum atomic E-state index is 12.9. The molecule has 0 bridgehead atoms. The van der Waals surface area contributed by atoms with Gasteiger partial charge in [0.1, 0.15) is 24.2 Å². The summed E-state index contributed by atoms with van der Waals surface area (Å²) in [5.74, 6) is -3.39. The molecule has 16 nitrogen and oxygen atoms in total. The molecular weight excluding hydrogens is 608 g/mol. The van der Waals surface area contributed by atoms with Crippen molar-refractivity contribution < 1.29 is 38.6 Å². The molecule has 2 aliphatic heterocycles. The van der Waals surface area contributed by atoms with Gasteiger partial charge in [-0.25, -0.2) is 9.89 Å². The van der Waals surface area contributed by atoms with Crippen LogP contribution in [0.3, 0.4) is 0 Å². The third-order valence-electron chi connectivity index (χ3n) is 5.84. The van der Waals surface area contributed by atoms with Gasteiger partial charge in [-0.3, -0.25) is 33.4 Å². The Hall–Kier alpha value is -4.58. The molecule has 2 aromatic heterocycles. The molecule has 4 N–H and O–H groups in total. The van der Waals surface area contributed by atoms with Gasteiger partial charge in [-0.05, 0) is 32.9 Å². The van der Waals surface area contributed by atoms with Crippen molar-refractivity contribution in [3.63, 3.8) is 0 Å². The van der Waals surface area contributed by atoms with Crippen LogP contribution in [0.25, 0.3) is 0 Å². The van der Waals surface area contributed by atoms with Gasteiger partial charge in [0.2, 0.25) is 5.71 Å². The highest BCUT2D eigenvalue weighted by atomic mass is 32.2. The number of hydrogen-bond acceptors (Lipinski definition) is 12. The largest absolute Gasteiger partial charge is 0.481 e. The number of oxime groups is 1. The number of rotatable bonds is 8. The average molecular weight is 637 g/mol. The summed E-state index contributed by atoms with van der Waals surface area (Å²) in [6.45, 7) is 8.92. The van der Waals surface area contributed by atoms with Crippen LogP contribution in [0, 0.1) is 5.41 Å². The fourth-order valence-electron chi connectivity index (χ4n) is 3.47. The molecule has 0 spiro atoms. The number of carboxylic acids is 2. The minimum atomic E-state index is -1.37. The molecule has 0 unspecified atom stereocenters. The van der Waals surface area contributed by atoms with Crippen LogP contribution in [0.2, 0.25) is 0 Å². The number of thioether (sulfide) groups is 2. The van der Waals surface area contributed by atoms with Crippen LogP contribution in [0.1, 0.15) is 26.5 Å². The van der Waals surface area contributed by atoms with Crippen molar-refractivity contribution in [1.82, 2.24) is 25.0 Å². The van der Waals surface area contributed by atoms with E-state index in [1.165, 1.54) is 26.5 Å². The number of carboxylic acid groups (broad SMARTS) is 2. The van der Waals surface area contributed by atoms with Crippen LogP contribution in [-0.4, -0.2) is 83.6 Å². The second-order valence-electron chi connectivity index (χ2n) is 9.87. The number of aliphatic carboxylic acids is 2. The molecule has 0 saturated carbocycles. The third kappa shape index (κ3) is 7.08. The monoisotopic (exact) mass is 636 g/mol. The van der Waals surface area contributed by atoms with Gasteiger partial charge in [0, 0.05) is 23.3 Å². The van der Waals surface area contributed by atoms with Gasteiger partial charge >= 0.3 is 23.1 Å². The highest BCUT2D eigenvalue weighted by molar-refractivity contribution is 8.04. The quantitative estimate of drug-likeness (QED) is 0.102. The predicted molar refractivity (Wildman–Crippen MR) is 154 cm³/mol.